The topological polar surface area (TPSA) is 103 Å². The summed E-state index contributed by atoms with van der Waals surface area (Å²) in [6.45, 7) is 6.47. The van der Waals surface area contributed by atoms with Crippen LogP contribution in [-0.2, 0) is 7.05 Å². The molecule has 192 valence electrons. The second kappa shape index (κ2) is 9.92. The number of aryl methyl sites for hydroxylation is 2. The predicted octanol–water partition coefficient (Wildman–Crippen LogP) is 2.66. The van der Waals surface area contributed by atoms with E-state index in [1.165, 1.54) is 0 Å². The van der Waals surface area contributed by atoms with Crippen LogP contribution in [0, 0.1) is 13.8 Å². The quantitative estimate of drug-likeness (QED) is 0.397. The molecule has 4 heterocycles. The molecule has 0 aliphatic carbocycles. The fourth-order valence-corrected chi connectivity index (χ4v) is 4.49. The predicted molar refractivity (Wildman–Crippen MR) is 138 cm³/mol. The number of nitrogens with zero attached hydrogens (tertiary/aromatic N) is 8. The summed E-state index contributed by atoms with van der Waals surface area (Å²) in [5.74, 6) is 2.90. The van der Waals surface area contributed by atoms with E-state index in [1.807, 2.05) is 47.6 Å². The Morgan fingerprint density at radius 1 is 0.919 bits per heavy atom. The highest BCUT2D eigenvalue weighted by Crippen LogP contribution is 2.33. The smallest absolute Gasteiger partial charge is 0.272 e. The van der Waals surface area contributed by atoms with Gasteiger partial charge in [-0.15, -0.1) is 0 Å². The molecule has 0 bridgehead atoms. The number of ether oxygens (including phenoxy) is 2. The van der Waals surface area contributed by atoms with Crippen LogP contribution in [-0.4, -0.2) is 80.5 Å². The molecule has 3 aromatic heterocycles. The summed E-state index contributed by atoms with van der Waals surface area (Å²) < 4.78 is 14.4. The molecule has 1 aliphatic heterocycles. The van der Waals surface area contributed by atoms with Gasteiger partial charge in [-0.1, -0.05) is 0 Å². The second-order valence-electron chi connectivity index (χ2n) is 8.90. The first-order valence-corrected chi connectivity index (χ1v) is 12.0. The Kier molecular flexibility index (Phi) is 6.51. The summed E-state index contributed by atoms with van der Waals surface area (Å²) in [5, 5.41) is 4.59. The molecule has 1 amide bonds. The van der Waals surface area contributed by atoms with Gasteiger partial charge in [-0.25, -0.2) is 15.0 Å². The lowest BCUT2D eigenvalue weighted by Crippen LogP contribution is -2.49. The number of carbonyl (C=O) groups is 1. The van der Waals surface area contributed by atoms with Crippen molar-refractivity contribution in [1.82, 2.24) is 34.2 Å². The van der Waals surface area contributed by atoms with Gasteiger partial charge in [-0.3, -0.25) is 14.0 Å². The van der Waals surface area contributed by atoms with E-state index in [9.17, 15) is 4.79 Å². The zero-order chi connectivity index (χ0) is 26.1. The molecule has 37 heavy (non-hydrogen) atoms. The number of hydrogen-bond acceptors (Lipinski definition) is 8. The SMILES string of the molecule is COc1ccc(OC)c(-c2cc(C(=O)N3CCN(c4cc(-n5cnc(C)c5C)ncn4)CC3)n(C)n2)c1. The van der Waals surface area contributed by atoms with Gasteiger partial charge in [-0.2, -0.15) is 5.10 Å². The summed E-state index contributed by atoms with van der Waals surface area (Å²) in [6.07, 6.45) is 3.34. The minimum absolute atomic E-state index is 0.0596. The number of piperazine rings is 1. The van der Waals surface area contributed by atoms with Gasteiger partial charge in [0.05, 0.1) is 25.6 Å². The van der Waals surface area contributed by atoms with Gasteiger partial charge >= 0.3 is 0 Å². The largest absolute Gasteiger partial charge is 0.497 e. The van der Waals surface area contributed by atoms with E-state index < -0.39 is 0 Å². The number of aromatic nitrogens is 6. The Balaban J connectivity index is 1.30. The molecule has 1 saturated heterocycles. The van der Waals surface area contributed by atoms with Crippen LogP contribution in [0.25, 0.3) is 17.1 Å². The minimum atomic E-state index is -0.0596. The van der Waals surface area contributed by atoms with Crippen molar-refractivity contribution in [1.29, 1.82) is 0 Å². The van der Waals surface area contributed by atoms with E-state index in [-0.39, 0.29) is 5.91 Å². The standard InChI is InChI=1S/C26H30N8O3/c1-17-18(2)34(16-29-17)25-14-24(27-15-28-25)32-8-10-33(11-9-32)26(35)22-13-21(30-31(22)3)20-12-19(36-4)6-7-23(20)37-5/h6-7,12-16H,8-11H2,1-5H3. The Hall–Kier alpha value is -4.41. The third kappa shape index (κ3) is 4.59. The van der Waals surface area contributed by atoms with Gasteiger partial charge in [-0.05, 0) is 38.1 Å². The highest BCUT2D eigenvalue weighted by atomic mass is 16.5. The summed E-state index contributed by atoms with van der Waals surface area (Å²) in [6, 6.07) is 9.28. The molecular formula is C26H30N8O3. The van der Waals surface area contributed by atoms with Crippen LogP contribution in [0.1, 0.15) is 21.9 Å². The summed E-state index contributed by atoms with van der Waals surface area (Å²) in [4.78, 5) is 30.7. The van der Waals surface area contributed by atoms with Crippen molar-refractivity contribution in [3.05, 3.63) is 60.1 Å². The number of amides is 1. The van der Waals surface area contributed by atoms with E-state index >= 15 is 0 Å². The van der Waals surface area contributed by atoms with Gasteiger partial charge in [0.15, 0.2) is 0 Å². The lowest BCUT2D eigenvalue weighted by atomic mass is 10.1. The van der Waals surface area contributed by atoms with Crippen molar-refractivity contribution < 1.29 is 14.3 Å². The van der Waals surface area contributed by atoms with E-state index in [4.69, 9.17) is 9.47 Å². The first-order chi connectivity index (χ1) is 17.9. The molecule has 1 aromatic carbocycles. The van der Waals surface area contributed by atoms with Crippen LogP contribution in [0.3, 0.4) is 0 Å². The van der Waals surface area contributed by atoms with E-state index in [0.29, 0.717) is 49.1 Å². The molecular weight excluding hydrogens is 472 g/mol. The average Bonchev–Trinajstić information content (AvgIpc) is 3.49. The third-order valence-electron chi connectivity index (χ3n) is 6.81. The van der Waals surface area contributed by atoms with Crippen molar-refractivity contribution in [2.45, 2.75) is 13.8 Å². The van der Waals surface area contributed by atoms with Gasteiger partial charge < -0.3 is 19.3 Å². The lowest BCUT2D eigenvalue weighted by Gasteiger charge is -2.35. The van der Waals surface area contributed by atoms with Crippen molar-refractivity contribution in [3.8, 4) is 28.6 Å². The lowest BCUT2D eigenvalue weighted by molar-refractivity contribution is 0.0735. The van der Waals surface area contributed by atoms with Crippen molar-refractivity contribution in [3.63, 3.8) is 0 Å². The van der Waals surface area contributed by atoms with Crippen LogP contribution in [0.15, 0.2) is 43.0 Å². The van der Waals surface area contributed by atoms with Gasteiger partial charge in [0.2, 0.25) is 0 Å². The fraction of sp³-hybridized carbons (Fsp3) is 0.346. The van der Waals surface area contributed by atoms with Gasteiger partial charge in [0.25, 0.3) is 5.91 Å². The number of rotatable bonds is 6. The summed E-state index contributed by atoms with van der Waals surface area (Å²) in [5.41, 5.74) is 3.95. The molecule has 0 saturated carbocycles. The second-order valence-corrected chi connectivity index (χ2v) is 8.90. The molecule has 11 heteroatoms. The first-order valence-electron chi connectivity index (χ1n) is 12.0. The Morgan fingerprint density at radius 2 is 1.68 bits per heavy atom. The third-order valence-corrected chi connectivity index (χ3v) is 6.81. The van der Waals surface area contributed by atoms with Gasteiger partial charge in [0, 0.05) is 50.6 Å². The molecule has 0 atom stereocenters. The zero-order valence-corrected chi connectivity index (χ0v) is 21.7. The van der Waals surface area contributed by atoms with E-state index in [1.54, 1.807) is 44.7 Å². The van der Waals surface area contributed by atoms with Crippen molar-refractivity contribution in [2.24, 2.45) is 7.05 Å². The Labute approximate surface area is 215 Å². The van der Waals surface area contributed by atoms with Crippen LogP contribution < -0.4 is 14.4 Å². The normalized spacial score (nSPS) is 13.6. The van der Waals surface area contributed by atoms with Crippen LogP contribution in [0.4, 0.5) is 5.82 Å². The molecule has 11 nitrogen and oxygen atoms in total. The number of anilines is 1. The Bertz CT molecular complexity index is 1440. The molecule has 0 radical (unpaired) electrons. The number of carbonyl (C=O) groups excluding carboxylic acids is 1. The van der Waals surface area contributed by atoms with Crippen molar-refractivity contribution >= 4 is 11.7 Å². The Morgan fingerprint density at radius 3 is 2.35 bits per heavy atom. The number of hydrogen-bond donors (Lipinski definition) is 0. The van der Waals surface area contributed by atoms with Crippen LogP contribution >= 0.6 is 0 Å². The molecule has 5 rings (SSSR count). The molecule has 0 N–H and O–H groups in total. The number of imidazole rings is 1. The highest BCUT2D eigenvalue weighted by Gasteiger charge is 2.26. The molecule has 1 aliphatic rings. The van der Waals surface area contributed by atoms with Crippen LogP contribution in [0.2, 0.25) is 0 Å². The van der Waals surface area contributed by atoms with Crippen molar-refractivity contribution in [2.75, 3.05) is 45.3 Å². The van der Waals surface area contributed by atoms with Crippen LogP contribution in [0.5, 0.6) is 11.5 Å². The number of benzene rings is 1. The van der Waals surface area contributed by atoms with E-state index in [0.717, 1.165) is 28.6 Å². The fourth-order valence-electron chi connectivity index (χ4n) is 4.49. The molecule has 0 unspecified atom stereocenters. The van der Waals surface area contributed by atoms with Gasteiger partial charge in [0.1, 0.15) is 41.5 Å². The average molecular weight is 503 g/mol. The molecule has 4 aromatic rings. The summed E-state index contributed by atoms with van der Waals surface area (Å²) in [7, 11) is 5.00. The number of methoxy groups -OCH3 is 2. The first kappa shape index (κ1) is 24.3. The maximum atomic E-state index is 13.4. The highest BCUT2D eigenvalue weighted by molar-refractivity contribution is 5.94. The zero-order valence-electron chi connectivity index (χ0n) is 21.7. The maximum absolute atomic E-state index is 13.4. The summed E-state index contributed by atoms with van der Waals surface area (Å²) >= 11 is 0. The van der Waals surface area contributed by atoms with E-state index in [2.05, 4.69) is 25.0 Å². The minimum Gasteiger partial charge on any atom is -0.497 e. The molecule has 0 spiro atoms. The molecule has 1 fully saturated rings. The monoisotopic (exact) mass is 502 g/mol. The maximum Gasteiger partial charge on any atom is 0.272 e.